The summed E-state index contributed by atoms with van der Waals surface area (Å²) in [6.45, 7) is 11.7. The first-order valence-corrected chi connectivity index (χ1v) is 4.20. The molecule has 0 rings (SSSR count). The molecule has 0 aliphatic heterocycles. The van der Waals surface area contributed by atoms with Gasteiger partial charge in [-0.3, -0.25) is 0 Å². The van der Waals surface area contributed by atoms with Crippen LogP contribution in [0.15, 0.2) is 0 Å². The van der Waals surface area contributed by atoms with E-state index in [1.807, 2.05) is 41.5 Å². The van der Waals surface area contributed by atoms with Gasteiger partial charge in [-0.25, -0.2) is 4.79 Å². The summed E-state index contributed by atoms with van der Waals surface area (Å²) < 4.78 is 0. The molecule has 72 valence electrons. The van der Waals surface area contributed by atoms with Crippen LogP contribution in [0.25, 0.3) is 0 Å². The highest BCUT2D eigenvalue weighted by Gasteiger charge is 2.18. The third-order valence-corrected chi connectivity index (χ3v) is 0.977. The third kappa shape index (κ3) is 7.38. The SMILES string of the molecule is CC(C)(C)NC(=O)NC(C)(C)C. The Bertz CT molecular complexity index is 144. The maximum absolute atomic E-state index is 11.3. The highest BCUT2D eigenvalue weighted by molar-refractivity contribution is 5.75. The van der Waals surface area contributed by atoms with E-state index in [1.54, 1.807) is 0 Å². The van der Waals surface area contributed by atoms with Crippen LogP contribution in [0.2, 0.25) is 0 Å². The number of carbonyl (C=O) groups excluding carboxylic acids is 1. The van der Waals surface area contributed by atoms with Crippen molar-refractivity contribution in [2.45, 2.75) is 52.6 Å². The zero-order valence-electron chi connectivity index (χ0n) is 8.91. The van der Waals surface area contributed by atoms with Gasteiger partial charge in [-0.1, -0.05) is 0 Å². The van der Waals surface area contributed by atoms with E-state index in [9.17, 15) is 4.79 Å². The molecule has 0 aromatic rings. The summed E-state index contributed by atoms with van der Waals surface area (Å²) in [7, 11) is 0. The van der Waals surface area contributed by atoms with E-state index < -0.39 is 0 Å². The van der Waals surface area contributed by atoms with Crippen LogP contribution in [0.3, 0.4) is 0 Å². The summed E-state index contributed by atoms with van der Waals surface area (Å²) in [4.78, 5) is 11.3. The number of rotatable bonds is 0. The van der Waals surface area contributed by atoms with Crippen LogP contribution in [0.4, 0.5) is 4.79 Å². The highest BCUT2D eigenvalue weighted by Crippen LogP contribution is 2.01. The largest absolute Gasteiger partial charge is 0.334 e. The van der Waals surface area contributed by atoms with E-state index in [-0.39, 0.29) is 17.1 Å². The number of carbonyl (C=O) groups is 1. The van der Waals surface area contributed by atoms with Crippen LogP contribution in [0.5, 0.6) is 0 Å². The average Bonchev–Trinajstić information content (AvgIpc) is 1.49. The molecule has 0 aromatic heterocycles. The number of hydrogen-bond acceptors (Lipinski definition) is 1. The van der Waals surface area contributed by atoms with Crippen LogP contribution in [-0.4, -0.2) is 17.1 Å². The minimum absolute atomic E-state index is 0.116. The Labute approximate surface area is 74.9 Å². The van der Waals surface area contributed by atoms with Crippen molar-refractivity contribution in [3.05, 3.63) is 0 Å². The van der Waals surface area contributed by atoms with Crippen LogP contribution >= 0.6 is 0 Å². The summed E-state index contributed by atoms with van der Waals surface area (Å²) in [6.07, 6.45) is 0. The predicted octanol–water partition coefficient (Wildman–Crippen LogP) is 1.88. The molecule has 0 aromatic carbocycles. The first-order valence-electron chi connectivity index (χ1n) is 4.20. The quantitative estimate of drug-likeness (QED) is 0.575. The van der Waals surface area contributed by atoms with Crippen molar-refractivity contribution in [1.82, 2.24) is 10.6 Å². The van der Waals surface area contributed by atoms with Crippen LogP contribution < -0.4 is 10.6 Å². The van der Waals surface area contributed by atoms with Gasteiger partial charge in [0.25, 0.3) is 0 Å². The van der Waals surface area contributed by atoms with Gasteiger partial charge < -0.3 is 10.6 Å². The van der Waals surface area contributed by atoms with Gasteiger partial charge in [0.15, 0.2) is 0 Å². The van der Waals surface area contributed by atoms with E-state index in [0.717, 1.165) is 0 Å². The zero-order valence-corrected chi connectivity index (χ0v) is 8.91. The monoisotopic (exact) mass is 172 g/mol. The lowest BCUT2D eigenvalue weighted by Gasteiger charge is -2.26. The van der Waals surface area contributed by atoms with Crippen molar-refractivity contribution in [2.75, 3.05) is 0 Å². The molecule has 0 saturated carbocycles. The summed E-state index contributed by atoms with van der Waals surface area (Å²) in [5.41, 5.74) is -0.343. The van der Waals surface area contributed by atoms with Gasteiger partial charge in [-0.15, -0.1) is 0 Å². The Morgan fingerprint density at radius 3 is 1.25 bits per heavy atom. The van der Waals surface area contributed by atoms with E-state index in [2.05, 4.69) is 10.6 Å². The predicted molar refractivity (Wildman–Crippen MR) is 51.2 cm³/mol. The first kappa shape index (κ1) is 11.3. The van der Waals surface area contributed by atoms with E-state index >= 15 is 0 Å². The fourth-order valence-electron chi connectivity index (χ4n) is 0.712. The second kappa shape index (κ2) is 3.33. The molecule has 3 heteroatoms. The lowest BCUT2D eigenvalue weighted by atomic mass is 10.1. The molecule has 2 N–H and O–H groups in total. The summed E-state index contributed by atoms with van der Waals surface area (Å²) >= 11 is 0. The maximum atomic E-state index is 11.3. The number of hydrogen-bond donors (Lipinski definition) is 2. The van der Waals surface area contributed by atoms with Gasteiger partial charge in [-0.05, 0) is 41.5 Å². The Hall–Kier alpha value is -0.730. The van der Waals surface area contributed by atoms with Crippen molar-refractivity contribution in [1.29, 1.82) is 0 Å². The molecule has 0 heterocycles. The molecule has 12 heavy (non-hydrogen) atoms. The molecule has 0 aliphatic carbocycles. The highest BCUT2D eigenvalue weighted by atomic mass is 16.2. The average molecular weight is 172 g/mol. The molecule has 0 saturated heterocycles. The van der Waals surface area contributed by atoms with Gasteiger partial charge in [0.2, 0.25) is 0 Å². The molecule has 0 fully saturated rings. The van der Waals surface area contributed by atoms with Crippen molar-refractivity contribution >= 4 is 6.03 Å². The Kier molecular flexibility index (Phi) is 3.13. The molecule has 0 atom stereocenters. The molecule has 3 nitrogen and oxygen atoms in total. The molecule has 2 amide bonds. The molecular formula is C9H20N2O. The minimum Gasteiger partial charge on any atom is -0.334 e. The van der Waals surface area contributed by atoms with Gasteiger partial charge in [0, 0.05) is 11.1 Å². The fourth-order valence-corrected chi connectivity index (χ4v) is 0.712. The Morgan fingerprint density at radius 2 is 1.08 bits per heavy atom. The number of amides is 2. The molecule has 0 unspecified atom stereocenters. The number of urea groups is 1. The van der Waals surface area contributed by atoms with E-state index in [0.29, 0.717) is 0 Å². The van der Waals surface area contributed by atoms with Gasteiger partial charge in [0.05, 0.1) is 0 Å². The minimum atomic E-state index is -0.171. The zero-order chi connectivity index (χ0) is 9.99. The lowest BCUT2D eigenvalue weighted by molar-refractivity contribution is 0.223. The van der Waals surface area contributed by atoms with Crippen molar-refractivity contribution in [3.63, 3.8) is 0 Å². The van der Waals surface area contributed by atoms with Crippen molar-refractivity contribution in [2.24, 2.45) is 0 Å². The topological polar surface area (TPSA) is 41.1 Å². The molecular weight excluding hydrogens is 152 g/mol. The van der Waals surface area contributed by atoms with E-state index in [1.165, 1.54) is 0 Å². The van der Waals surface area contributed by atoms with E-state index in [4.69, 9.17) is 0 Å². The Morgan fingerprint density at radius 1 is 0.833 bits per heavy atom. The molecule has 0 aliphatic rings. The van der Waals surface area contributed by atoms with Gasteiger partial charge in [0.1, 0.15) is 0 Å². The van der Waals surface area contributed by atoms with Gasteiger partial charge in [-0.2, -0.15) is 0 Å². The summed E-state index contributed by atoms with van der Waals surface area (Å²) in [5.74, 6) is 0. The summed E-state index contributed by atoms with van der Waals surface area (Å²) in [6, 6.07) is -0.116. The van der Waals surface area contributed by atoms with Crippen molar-refractivity contribution in [3.8, 4) is 0 Å². The lowest BCUT2D eigenvalue weighted by Crippen LogP contribution is -2.52. The third-order valence-electron chi connectivity index (χ3n) is 0.977. The van der Waals surface area contributed by atoms with Crippen LogP contribution in [0.1, 0.15) is 41.5 Å². The molecule has 0 radical (unpaired) electrons. The normalized spacial score (nSPS) is 12.5. The fraction of sp³-hybridized carbons (Fsp3) is 0.889. The molecule has 0 spiro atoms. The van der Waals surface area contributed by atoms with Crippen LogP contribution in [-0.2, 0) is 0 Å². The smallest absolute Gasteiger partial charge is 0.315 e. The standard InChI is InChI=1S/C9H20N2O/c1-8(2,3)10-7(12)11-9(4,5)6/h1-6H3,(H2,10,11,12). The summed E-state index contributed by atoms with van der Waals surface area (Å²) in [5, 5.41) is 5.65. The Balaban J connectivity index is 3.92. The second-order valence-corrected chi connectivity index (χ2v) is 5.08. The van der Waals surface area contributed by atoms with Crippen molar-refractivity contribution < 1.29 is 4.79 Å². The maximum Gasteiger partial charge on any atom is 0.315 e. The van der Waals surface area contributed by atoms with Gasteiger partial charge >= 0.3 is 6.03 Å². The van der Waals surface area contributed by atoms with Crippen LogP contribution in [0, 0.1) is 0 Å². The molecule has 0 bridgehead atoms. The number of nitrogens with one attached hydrogen (secondary N) is 2. The first-order chi connectivity index (χ1) is 5.10. The second-order valence-electron chi connectivity index (χ2n) is 5.08.